The molecule has 25 heavy (non-hydrogen) atoms. The molecular weight excluding hydrogens is 310 g/mol. The molecule has 0 spiro atoms. The Hall–Kier alpha value is -2.75. The number of hydrogen-bond acceptors (Lipinski definition) is 3. The van der Waals surface area contributed by atoms with Gasteiger partial charge >= 0.3 is 0 Å². The van der Waals surface area contributed by atoms with Crippen LogP contribution < -0.4 is 10.1 Å². The number of ether oxygens (including phenoxy) is 1. The van der Waals surface area contributed by atoms with Gasteiger partial charge in [0.2, 0.25) is 0 Å². The zero-order valence-corrected chi connectivity index (χ0v) is 14.7. The molecule has 1 aromatic heterocycles. The topological polar surface area (TPSA) is 39.1 Å². The van der Waals surface area contributed by atoms with Crippen LogP contribution in [0, 0.1) is 6.92 Å². The molecule has 0 radical (unpaired) electrons. The van der Waals surface area contributed by atoms with Crippen molar-refractivity contribution in [2.75, 3.05) is 19.0 Å². The van der Waals surface area contributed by atoms with Crippen LogP contribution in [0.1, 0.15) is 24.0 Å². The van der Waals surface area contributed by atoms with Crippen LogP contribution >= 0.6 is 0 Å². The van der Waals surface area contributed by atoms with Crippen LogP contribution in [0.4, 0.5) is 5.82 Å². The Kier molecular flexibility index (Phi) is 4.18. The number of aromatic nitrogens is 2. The monoisotopic (exact) mass is 333 g/mol. The molecule has 0 unspecified atom stereocenters. The average molecular weight is 333 g/mol. The van der Waals surface area contributed by atoms with Crippen molar-refractivity contribution < 1.29 is 4.74 Å². The predicted octanol–water partition coefficient (Wildman–Crippen LogP) is 4.60. The molecule has 4 rings (SSSR count). The van der Waals surface area contributed by atoms with Crippen molar-refractivity contribution in [2.24, 2.45) is 0 Å². The Morgan fingerprint density at radius 1 is 1.04 bits per heavy atom. The summed E-state index contributed by atoms with van der Waals surface area (Å²) in [6.45, 7) is 3.12. The maximum atomic E-state index is 5.57. The van der Waals surface area contributed by atoms with Crippen LogP contribution in [-0.4, -0.2) is 23.4 Å². The second kappa shape index (κ2) is 6.63. The van der Waals surface area contributed by atoms with Crippen molar-refractivity contribution in [3.8, 4) is 22.7 Å². The number of nitrogens with zero attached hydrogens (tertiary/aromatic N) is 2. The van der Waals surface area contributed by atoms with Gasteiger partial charge in [-0.3, -0.25) is 0 Å². The lowest BCUT2D eigenvalue weighted by Gasteiger charge is -2.12. The van der Waals surface area contributed by atoms with Crippen LogP contribution in [0.2, 0.25) is 0 Å². The molecule has 0 bridgehead atoms. The third kappa shape index (κ3) is 2.78. The molecule has 128 valence electrons. The molecule has 1 aliphatic heterocycles. The van der Waals surface area contributed by atoms with Gasteiger partial charge < -0.3 is 10.1 Å². The van der Waals surface area contributed by atoms with E-state index in [4.69, 9.17) is 9.84 Å². The predicted molar refractivity (Wildman–Crippen MR) is 102 cm³/mol. The summed E-state index contributed by atoms with van der Waals surface area (Å²) in [6, 6.07) is 16.5. The Bertz CT molecular complexity index is 898. The van der Waals surface area contributed by atoms with Gasteiger partial charge in [-0.2, -0.15) is 5.10 Å². The fourth-order valence-corrected chi connectivity index (χ4v) is 3.54. The Balaban J connectivity index is 1.96. The highest BCUT2D eigenvalue weighted by atomic mass is 16.5. The van der Waals surface area contributed by atoms with Crippen LogP contribution in [0.25, 0.3) is 16.9 Å². The first-order valence-electron chi connectivity index (χ1n) is 8.85. The second-order valence-electron chi connectivity index (χ2n) is 6.46. The first kappa shape index (κ1) is 15.8. The number of anilines is 1. The fraction of sp³-hybridized carbons (Fsp3) is 0.286. The zero-order valence-electron chi connectivity index (χ0n) is 14.7. The fourth-order valence-electron chi connectivity index (χ4n) is 3.54. The van der Waals surface area contributed by atoms with Crippen molar-refractivity contribution in [3.63, 3.8) is 0 Å². The van der Waals surface area contributed by atoms with Crippen LogP contribution in [0.5, 0.6) is 5.75 Å². The van der Waals surface area contributed by atoms with E-state index in [0.29, 0.717) is 0 Å². The highest BCUT2D eigenvalue weighted by Gasteiger charge is 2.23. The van der Waals surface area contributed by atoms with Gasteiger partial charge in [-0.15, -0.1) is 0 Å². The molecule has 0 saturated carbocycles. The van der Waals surface area contributed by atoms with Crippen molar-refractivity contribution in [2.45, 2.75) is 26.2 Å². The van der Waals surface area contributed by atoms with Gasteiger partial charge in [-0.05, 0) is 43.9 Å². The Morgan fingerprint density at radius 3 is 2.68 bits per heavy atom. The summed E-state index contributed by atoms with van der Waals surface area (Å²) in [5, 5.41) is 8.62. The third-order valence-electron chi connectivity index (χ3n) is 4.84. The third-order valence-corrected chi connectivity index (χ3v) is 4.84. The lowest BCUT2D eigenvalue weighted by atomic mass is 10.00. The summed E-state index contributed by atoms with van der Waals surface area (Å²) < 4.78 is 7.59. The maximum Gasteiger partial charge on any atom is 0.144 e. The number of fused-ring (bicyclic) bond motifs is 1. The molecule has 0 amide bonds. The van der Waals surface area contributed by atoms with Gasteiger partial charge in [-0.1, -0.05) is 36.4 Å². The minimum Gasteiger partial charge on any atom is -0.494 e. The molecule has 4 heteroatoms. The van der Waals surface area contributed by atoms with E-state index in [0.717, 1.165) is 35.9 Å². The van der Waals surface area contributed by atoms with Gasteiger partial charge in [0.1, 0.15) is 17.3 Å². The normalized spacial score (nSPS) is 13.7. The minimum absolute atomic E-state index is 0.829. The molecule has 0 fully saturated rings. The summed E-state index contributed by atoms with van der Waals surface area (Å²) in [4.78, 5) is 0. The van der Waals surface area contributed by atoms with Crippen LogP contribution in [0.3, 0.4) is 0 Å². The summed E-state index contributed by atoms with van der Waals surface area (Å²) in [6.07, 6.45) is 3.39. The molecule has 4 nitrogen and oxygen atoms in total. The number of aryl methyl sites for hydroxylation is 1. The zero-order chi connectivity index (χ0) is 17.2. The lowest BCUT2D eigenvalue weighted by Crippen LogP contribution is -2.08. The number of benzene rings is 2. The number of rotatable bonds is 3. The van der Waals surface area contributed by atoms with E-state index >= 15 is 0 Å². The highest BCUT2D eigenvalue weighted by molar-refractivity contribution is 5.74. The molecule has 0 aliphatic carbocycles. The van der Waals surface area contributed by atoms with Crippen molar-refractivity contribution in [3.05, 3.63) is 59.7 Å². The van der Waals surface area contributed by atoms with Gasteiger partial charge in [-0.25, -0.2) is 4.68 Å². The maximum absolute atomic E-state index is 5.57. The Morgan fingerprint density at radius 2 is 1.84 bits per heavy atom. The van der Waals surface area contributed by atoms with E-state index in [1.807, 2.05) is 22.9 Å². The van der Waals surface area contributed by atoms with E-state index in [1.54, 1.807) is 7.11 Å². The summed E-state index contributed by atoms with van der Waals surface area (Å²) in [7, 11) is 1.71. The standard InChI is InChI=1S/C21H23N3O/c1-15-9-3-4-10-16(15)20-17-11-7-8-14-22-21(17)24(23-20)18-12-5-6-13-19(18)25-2/h3-6,9-10,12-13,22H,7-8,11,14H2,1-2H3. The van der Waals surface area contributed by atoms with Crippen molar-refractivity contribution in [1.29, 1.82) is 0 Å². The van der Waals surface area contributed by atoms with Gasteiger partial charge in [0.25, 0.3) is 0 Å². The van der Waals surface area contributed by atoms with E-state index in [2.05, 4.69) is 42.6 Å². The van der Waals surface area contributed by atoms with E-state index in [-0.39, 0.29) is 0 Å². The summed E-state index contributed by atoms with van der Waals surface area (Å²) in [5.74, 6) is 1.93. The molecule has 2 heterocycles. The molecule has 0 saturated heterocycles. The SMILES string of the molecule is COc1ccccc1-n1nc(-c2ccccc2C)c2c1NCCCC2. The molecule has 1 aliphatic rings. The van der Waals surface area contributed by atoms with E-state index in [9.17, 15) is 0 Å². The number of nitrogens with one attached hydrogen (secondary N) is 1. The van der Waals surface area contributed by atoms with Crippen LogP contribution in [-0.2, 0) is 6.42 Å². The van der Waals surface area contributed by atoms with Gasteiger partial charge in [0.05, 0.1) is 12.8 Å². The second-order valence-corrected chi connectivity index (χ2v) is 6.46. The van der Waals surface area contributed by atoms with E-state index in [1.165, 1.54) is 29.5 Å². The van der Waals surface area contributed by atoms with E-state index < -0.39 is 0 Å². The average Bonchev–Trinajstić information content (AvgIpc) is 2.83. The quantitative estimate of drug-likeness (QED) is 0.761. The first-order chi connectivity index (χ1) is 12.3. The summed E-state index contributed by atoms with van der Waals surface area (Å²) in [5.41, 5.74) is 5.80. The largest absolute Gasteiger partial charge is 0.494 e. The van der Waals surface area contributed by atoms with Crippen molar-refractivity contribution in [1.82, 2.24) is 9.78 Å². The molecule has 1 N–H and O–H groups in total. The van der Waals surface area contributed by atoms with Crippen LogP contribution in [0.15, 0.2) is 48.5 Å². The number of hydrogen-bond donors (Lipinski definition) is 1. The molecular formula is C21H23N3O. The molecule has 2 aromatic carbocycles. The molecule has 3 aromatic rings. The minimum atomic E-state index is 0.829. The highest BCUT2D eigenvalue weighted by Crippen LogP contribution is 2.36. The smallest absolute Gasteiger partial charge is 0.144 e. The number of methoxy groups -OCH3 is 1. The van der Waals surface area contributed by atoms with Gasteiger partial charge in [0.15, 0.2) is 0 Å². The molecule has 0 atom stereocenters. The first-order valence-corrected chi connectivity index (χ1v) is 8.85. The lowest BCUT2D eigenvalue weighted by molar-refractivity contribution is 0.412. The number of para-hydroxylation sites is 2. The Labute approximate surface area is 148 Å². The van der Waals surface area contributed by atoms with Gasteiger partial charge in [0, 0.05) is 17.7 Å². The summed E-state index contributed by atoms with van der Waals surface area (Å²) >= 11 is 0. The van der Waals surface area contributed by atoms with Crippen molar-refractivity contribution >= 4 is 5.82 Å².